The highest BCUT2D eigenvalue weighted by Crippen LogP contribution is 2.60. The van der Waals surface area contributed by atoms with Gasteiger partial charge in [0.25, 0.3) is 5.91 Å². The van der Waals surface area contributed by atoms with Crippen LogP contribution in [0.3, 0.4) is 0 Å². The van der Waals surface area contributed by atoms with Gasteiger partial charge in [0, 0.05) is 31.8 Å². The van der Waals surface area contributed by atoms with Crippen molar-refractivity contribution in [2.24, 2.45) is 34.0 Å². The molecular formula is C45H84N5O2+. The number of fused-ring (bicyclic) bond motifs is 5. The Labute approximate surface area is 321 Å². The number of carbonyl (C=O) groups is 2. The van der Waals surface area contributed by atoms with Crippen molar-refractivity contribution in [3.05, 3.63) is 12.3 Å². The van der Waals surface area contributed by atoms with Crippen LogP contribution in [0.2, 0.25) is 0 Å². The second-order valence-corrected chi connectivity index (χ2v) is 19.6. The summed E-state index contributed by atoms with van der Waals surface area (Å²) in [6.45, 7) is 28.4. The Morgan fingerprint density at radius 1 is 0.731 bits per heavy atom. The molecule has 2 saturated carbocycles. The van der Waals surface area contributed by atoms with E-state index in [-0.39, 0.29) is 28.1 Å². The molecule has 5 aliphatic rings. The fourth-order valence-electron chi connectivity index (χ4n) is 11.7. The normalized spacial score (nSPS) is 31.2. The third-order valence-corrected chi connectivity index (χ3v) is 14.3. The van der Waals surface area contributed by atoms with Crippen LogP contribution in [0, 0.1) is 34.0 Å². The molecule has 52 heavy (non-hydrogen) atoms. The molecule has 3 saturated heterocycles. The molecule has 3 N–H and O–H groups in total. The molecule has 0 aromatic heterocycles. The first-order chi connectivity index (χ1) is 24.9. The van der Waals surface area contributed by atoms with Gasteiger partial charge in [0.1, 0.15) is 0 Å². The second kappa shape index (κ2) is 20.4. The van der Waals surface area contributed by atoms with Crippen molar-refractivity contribution in [1.82, 2.24) is 20.9 Å². The summed E-state index contributed by atoms with van der Waals surface area (Å²) in [5.74, 6) is 2.53. The van der Waals surface area contributed by atoms with Crippen LogP contribution in [0.25, 0.3) is 0 Å². The first-order valence-electron chi connectivity index (χ1n) is 22.4. The predicted octanol–water partition coefficient (Wildman–Crippen LogP) is 8.83. The van der Waals surface area contributed by atoms with Gasteiger partial charge in [0.05, 0.1) is 19.6 Å². The highest BCUT2D eigenvalue weighted by atomic mass is 16.2. The number of hydrogen-bond acceptors (Lipinski definition) is 4. The van der Waals surface area contributed by atoms with Gasteiger partial charge in [-0.25, -0.2) is 0 Å². The van der Waals surface area contributed by atoms with E-state index in [1.165, 1.54) is 109 Å². The Morgan fingerprint density at radius 3 is 1.85 bits per heavy atom. The van der Waals surface area contributed by atoms with Gasteiger partial charge in [-0.2, -0.15) is 0 Å². The number of amides is 2. The highest BCUT2D eigenvalue weighted by molar-refractivity contribution is 5.77. The van der Waals surface area contributed by atoms with E-state index in [2.05, 4.69) is 69.0 Å². The molecule has 7 heteroatoms. The molecule has 3 heterocycles. The standard InChI is InChI=1S/C45H83N5O2/c1-8-12-14-18-39(19-15-13-9-2)27-41(51)47-35-44(7)29-40-28-43(6,34-46-37(5)17-16-23-49(10-3)11-4)32-45(30-40,33-44)36-48-42(52)31-50-24-20-38(21-25-50)22-26-50/h38-40,46H,5,8-36H2,1-4,6-7H3,(H-,47,48,51,52)/p+1. The molecule has 5 rings (SSSR count). The minimum Gasteiger partial charge on any atom is -0.388 e. The zero-order valence-corrected chi connectivity index (χ0v) is 35.2. The van der Waals surface area contributed by atoms with Crippen molar-refractivity contribution in [1.29, 1.82) is 0 Å². The lowest BCUT2D eigenvalue weighted by atomic mass is 9.49. The Bertz CT molecular complexity index is 1090. The van der Waals surface area contributed by atoms with Crippen LogP contribution in [0.5, 0.6) is 0 Å². The second-order valence-electron chi connectivity index (χ2n) is 19.6. The summed E-state index contributed by atoms with van der Waals surface area (Å²) in [6.07, 6.45) is 22.3. The van der Waals surface area contributed by atoms with Crippen LogP contribution in [0.4, 0.5) is 0 Å². The summed E-state index contributed by atoms with van der Waals surface area (Å²) in [6, 6.07) is 0. The topological polar surface area (TPSA) is 73.5 Å². The molecule has 3 aliphatic heterocycles. The fourth-order valence-corrected chi connectivity index (χ4v) is 11.7. The fraction of sp³-hybridized carbons (Fsp3) is 0.911. The Kier molecular flexibility index (Phi) is 16.9. The van der Waals surface area contributed by atoms with Gasteiger partial charge in [-0.05, 0) is 131 Å². The van der Waals surface area contributed by atoms with Gasteiger partial charge in [-0.1, -0.05) is 86.6 Å². The van der Waals surface area contributed by atoms with E-state index in [4.69, 9.17) is 0 Å². The van der Waals surface area contributed by atoms with Crippen LogP contribution < -0.4 is 16.0 Å². The van der Waals surface area contributed by atoms with Crippen LogP contribution >= 0.6 is 0 Å². The summed E-state index contributed by atoms with van der Waals surface area (Å²) in [5, 5.41) is 10.9. The van der Waals surface area contributed by atoms with E-state index in [1.807, 2.05) is 0 Å². The van der Waals surface area contributed by atoms with Crippen molar-refractivity contribution in [3.8, 4) is 0 Å². The summed E-state index contributed by atoms with van der Waals surface area (Å²) in [4.78, 5) is 29.7. The molecule has 7 nitrogen and oxygen atoms in total. The van der Waals surface area contributed by atoms with Crippen molar-refractivity contribution >= 4 is 11.8 Å². The molecule has 4 atom stereocenters. The maximum atomic E-state index is 13.7. The van der Waals surface area contributed by atoms with Crippen molar-refractivity contribution in [2.75, 3.05) is 65.4 Å². The first kappa shape index (κ1) is 43.1. The summed E-state index contributed by atoms with van der Waals surface area (Å²) in [5.41, 5.74) is 1.42. The van der Waals surface area contributed by atoms with E-state index in [9.17, 15) is 9.59 Å². The monoisotopic (exact) mass is 727 g/mol. The van der Waals surface area contributed by atoms with Crippen molar-refractivity contribution in [3.63, 3.8) is 0 Å². The lowest BCUT2D eigenvalue weighted by Crippen LogP contribution is -2.62. The van der Waals surface area contributed by atoms with Gasteiger partial charge in [0.15, 0.2) is 6.54 Å². The predicted molar refractivity (Wildman–Crippen MR) is 219 cm³/mol. The van der Waals surface area contributed by atoms with E-state index in [1.54, 1.807) is 0 Å². The van der Waals surface area contributed by atoms with E-state index in [0.717, 1.165) is 81.8 Å². The van der Waals surface area contributed by atoms with Gasteiger partial charge in [-0.15, -0.1) is 0 Å². The molecule has 0 aromatic rings. The maximum Gasteiger partial charge on any atom is 0.275 e. The summed E-state index contributed by atoms with van der Waals surface area (Å²) in [7, 11) is 0. The SMILES string of the molecule is C=C(CCCN(CC)CC)NCC1(C)CC2CC(C)(CNC(=O)CC(CCCCC)CCCCC)CC(CNC(=O)C[N+]34CCC(CC3)CC4)(C2)C1. The van der Waals surface area contributed by atoms with E-state index < -0.39 is 0 Å². The molecule has 0 aromatic carbocycles. The van der Waals surface area contributed by atoms with Gasteiger partial charge >= 0.3 is 0 Å². The lowest BCUT2D eigenvalue weighted by molar-refractivity contribution is -0.935. The van der Waals surface area contributed by atoms with Crippen LogP contribution in [-0.4, -0.2) is 86.6 Å². The zero-order valence-electron chi connectivity index (χ0n) is 35.2. The number of quaternary nitrogens is 1. The number of unbranched alkanes of at least 4 members (excludes halogenated alkanes) is 4. The average molecular weight is 727 g/mol. The molecule has 300 valence electrons. The zero-order chi connectivity index (χ0) is 37.7. The molecule has 2 aliphatic carbocycles. The third kappa shape index (κ3) is 13.3. The number of carbonyl (C=O) groups excluding carboxylic acids is 2. The van der Waals surface area contributed by atoms with Crippen molar-refractivity contribution in [2.45, 2.75) is 164 Å². The molecular weight excluding hydrogens is 643 g/mol. The quantitative estimate of drug-likeness (QED) is 0.0650. The average Bonchev–Trinajstić information content (AvgIpc) is 3.11. The lowest BCUT2D eigenvalue weighted by Gasteiger charge is -2.58. The minimum atomic E-state index is 0.0442. The molecule has 5 fully saturated rings. The van der Waals surface area contributed by atoms with Crippen LogP contribution in [0.1, 0.15) is 164 Å². The Hall–Kier alpha value is -1.60. The summed E-state index contributed by atoms with van der Waals surface area (Å²) < 4.78 is 1.01. The molecule has 4 unspecified atom stereocenters. The Morgan fingerprint density at radius 2 is 1.29 bits per heavy atom. The molecule has 4 bridgehead atoms. The number of nitrogens with zero attached hydrogens (tertiary/aromatic N) is 2. The smallest absolute Gasteiger partial charge is 0.275 e. The largest absolute Gasteiger partial charge is 0.388 e. The third-order valence-electron chi connectivity index (χ3n) is 14.3. The van der Waals surface area contributed by atoms with Gasteiger partial charge in [0.2, 0.25) is 5.91 Å². The maximum absolute atomic E-state index is 13.7. The number of nitrogens with one attached hydrogen (secondary N) is 3. The van der Waals surface area contributed by atoms with Crippen molar-refractivity contribution < 1.29 is 14.1 Å². The Balaban J connectivity index is 1.39. The van der Waals surface area contributed by atoms with E-state index >= 15 is 0 Å². The highest BCUT2D eigenvalue weighted by Gasteiger charge is 2.54. The number of hydrogen-bond donors (Lipinski definition) is 3. The van der Waals surface area contributed by atoms with E-state index in [0.29, 0.717) is 24.8 Å². The molecule has 0 spiro atoms. The molecule has 2 amide bonds. The number of piperidine rings is 3. The number of rotatable bonds is 25. The number of allylic oxidation sites excluding steroid dienone is 1. The van der Waals surface area contributed by atoms with Crippen LogP contribution in [0.15, 0.2) is 12.3 Å². The first-order valence-corrected chi connectivity index (χ1v) is 22.4. The van der Waals surface area contributed by atoms with Gasteiger partial charge < -0.3 is 25.3 Å². The van der Waals surface area contributed by atoms with Gasteiger partial charge in [-0.3, -0.25) is 9.59 Å². The molecule has 0 radical (unpaired) electrons. The summed E-state index contributed by atoms with van der Waals surface area (Å²) >= 11 is 0. The van der Waals surface area contributed by atoms with Crippen LogP contribution in [-0.2, 0) is 9.59 Å². The minimum absolute atomic E-state index is 0.0442.